The predicted octanol–water partition coefficient (Wildman–Crippen LogP) is 3.66. The van der Waals surface area contributed by atoms with Crippen molar-refractivity contribution < 1.29 is 28.5 Å². The Morgan fingerprint density at radius 1 is 0.828 bits per heavy atom. The van der Waals surface area contributed by atoms with Crippen LogP contribution in [-0.2, 0) is 9.53 Å². The molecule has 3 aromatic carbocycles. The van der Waals surface area contributed by atoms with Crippen molar-refractivity contribution in [1.82, 2.24) is 0 Å². The number of fused-ring (bicyclic) bond motifs is 1. The van der Waals surface area contributed by atoms with Crippen LogP contribution >= 0.6 is 0 Å². The van der Waals surface area contributed by atoms with Crippen LogP contribution in [0.2, 0.25) is 0 Å². The van der Waals surface area contributed by atoms with Gasteiger partial charge in [-0.15, -0.1) is 0 Å². The number of nitrogens with one attached hydrogen (secondary N) is 1. The van der Waals surface area contributed by atoms with Crippen LogP contribution in [0, 0.1) is 0 Å². The predicted molar refractivity (Wildman–Crippen MR) is 109 cm³/mol. The average Bonchev–Trinajstić information content (AvgIpc) is 2.76. The lowest BCUT2D eigenvalue weighted by Gasteiger charge is -2.13. The molecular formula is C22H21NO6. The number of benzene rings is 3. The maximum atomic E-state index is 12.5. The van der Waals surface area contributed by atoms with Gasteiger partial charge in [-0.05, 0) is 35.0 Å². The Kier molecular flexibility index (Phi) is 6.19. The summed E-state index contributed by atoms with van der Waals surface area (Å²) in [7, 11) is 4.48. The molecule has 7 nitrogen and oxygen atoms in total. The smallest absolute Gasteiger partial charge is 0.342 e. The lowest BCUT2D eigenvalue weighted by molar-refractivity contribution is -0.119. The number of amides is 1. The van der Waals surface area contributed by atoms with Crippen LogP contribution in [0.15, 0.2) is 54.6 Å². The fourth-order valence-electron chi connectivity index (χ4n) is 2.85. The third kappa shape index (κ3) is 4.57. The molecule has 3 aromatic rings. The second kappa shape index (κ2) is 8.97. The van der Waals surface area contributed by atoms with Gasteiger partial charge in [0.1, 0.15) is 22.8 Å². The highest BCUT2D eigenvalue weighted by atomic mass is 16.5. The van der Waals surface area contributed by atoms with E-state index in [1.165, 1.54) is 21.3 Å². The minimum Gasteiger partial charge on any atom is -0.497 e. The zero-order valence-corrected chi connectivity index (χ0v) is 16.4. The van der Waals surface area contributed by atoms with Crippen LogP contribution in [0.1, 0.15) is 10.4 Å². The first-order chi connectivity index (χ1) is 14.0. The Morgan fingerprint density at radius 3 is 2.17 bits per heavy atom. The number of ether oxygens (including phenoxy) is 4. The van der Waals surface area contributed by atoms with Gasteiger partial charge < -0.3 is 24.3 Å². The maximum Gasteiger partial charge on any atom is 0.342 e. The summed E-state index contributed by atoms with van der Waals surface area (Å²) in [6.07, 6.45) is 0. The summed E-state index contributed by atoms with van der Waals surface area (Å²) in [5.41, 5.74) is 0.661. The molecule has 7 heteroatoms. The van der Waals surface area contributed by atoms with Gasteiger partial charge in [0.05, 0.1) is 27.0 Å². The fraction of sp³-hybridized carbons (Fsp3) is 0.182. The Hall–Kier alpha value is -3.74. The number of hydrogen-bond acceptors (Lipinski definition) is 6. The van der Waals surface area contributed by atoms with Gasteiger partial charge in [0.25, 0.3) is 5.91 Å². The minimum atomic E-state index is -0.652. The van der Waals surface area contributed by atoms with Crippen molar-refractivity contribution in [3.63, 3.8) is 0 Å². The van der Waals surface area contributed by atoms with Gasteiger partial charge in [-0.1, -0.05) is 24.3 Å². The van der Waals surface area contributed by atoms with Crippen LogP contribution in [0.5, 0.6) is 17.2 Å². The Labute approximate surface area is 168 Å². The maximum absolute atomic E-state index is 12.5. The monoisotopic (exact) mass is 395 g/mol. The normalized spacial score (nSPS) is 10.3. The van der Waals surface area contributed by atoms with Gasteiger partial charge in [-0.3, -0.25) is 4.79 Å². The molecule has 0 atom stereocenters. The van der Waals surface area contributed by atoms with E-state index in [1.807, 2.05) is 24.3 Å². The van der Waals surface area contributed by atoms with Gasteiger partial charge in [0.15, 0.2) is 6.61 Å². The zero-order chi connectivity index (χ0) is 20.8. The molecule has 3 rings (SSSR count). The third-order valence-electron chi connectivity index (χ3n) is 4.30. The molecule has 0 aliphatic carbocycles. The van der Waals surface area contributed by atoms with E-state index in [0.29, 0.717) is 22.9 Å². The molecule has 0 heterocycles. The first kappa shape index (κ1) is 20.0. The molecule has 0 saturated carbocycles. The van der Waals surface area contributed by atoms with Crippen molar-refractivity contribution in [3.8, 4) is 17.2 Å². The molecule has 29 heavy (non-hydrogen) atoms. The third-order valence-corrected chi connectivity index (χ3v) is 4.30. The van der Waals surface area contributed by atoms with Gasteiger partial charge in [0.2, 0.25) is 0 Å². The van der Waals surface area contributed by atoms with E-state index in [9.17, 15) is 9.59 Å². The number of rotatable bonds is 7. The van der Waals surface area contributed by atoms with Crippen molar-refractivity contribution in [2.45, 2.75) is 0 Å². The van der Waals surface area contributed by atoms with Gasteiger partial charge in [-0.2, -0.15) is 0 Å². The Morgan fingerprint density at radius 2 is 1.52 bits per heavy atom. The number of anilines is 1. The summed E-state index contributed by atoms with van der Waals surface area (Å²) in [6.45, 7) is -0.463. The van der Waals surface area contributed by atoms with Crippen molar-refractivity contribution in [2.75, 3.05) is 33.3 Å². The molecule has 150 valence electrons. The molecule has 0 unspecified atom stereocenters. The summed E-state index contributed by atoms with van der Waals surface area (Å²) in [5, 5.41) is 4.45. The molecule has 0 fully saturated rings. The van der Waals surface area contributed by atoms with Crippen molar-refractivity contribution in [2.24, 2.45) is 0 Å². The highest BCUT2D eigenvalue weighted by Gasteiger charge is 2.17. The van der Waals surface area contributed by atoms with Gasteiger partial charge in [-0.25, -0.2) is 4.79 Å². The van der Waals surface area contributed by atoms with Crippen LogP contribution in [0.3, 0.4) is 0 Å². The molecule has 1 amide bonds. The molecule has 0 aliphatic heterocycles. The van der Waals surface area contributed by atoms with Crippen LogP contribution < -0.4 is 19.5 Å². The summed E-state index contributed by atoms with van der Waals surface area (Å²) in [6, 6.07) is 16.0. The second-order valence-electron chi connectivity index (χ2n) is 6.09. The fourth-order valence-corrected chi connectivity index (χ4v) is 2.85. The highest BCUT2D eigenvalue weighted by Crippen LogP contribution is 2.29. The van der Waals surface area contributed by atoms with E-state index in [2.05, 4.69) is 5.32 Å². The number of methoxy groups -OCH3 is 3. The van der Waals surface area contributed by atoms with Gasteiger partial charge in [0, 0.05) is 6.07 Å². The largest absolute Gasteiger partial charge is 0.497 e. The summed E-state index contributed by atoms with van der Waals surface area (Å²) >= 11 is 0. The van der Waals surface area contributed by atoms with Crippen LogP contribution in [0.25, 0.3) is 10.8 Å². The van der Waals surface area contributed by atoms with E-state index in [1.54, 1.807) is 30.3 Å². The number of carbonyl (C=O) groups is 2. The minimum absolute atomic E-state index is 0.248. The standard InChI is InChI=1S/C22H21NO6/c1-26-16-8-9-19(27-2)18(12-16)23-21(24)13-29-22(25)17-10-14-6-4-5-7-15(14)11-20(17)28-3/h4-12H,13H2,1-3H3,(H,23,24). The SMILES string of the molecule is COc1ccc(OC)c(NC(=O)COC(=O)c2cc3ccccc3cc2OC)c1. The molecule has 1 N–H and O–H groups in total. The molecule has 0 aromatic heterocycles. The zero-order valence-electron chi connectivity index (χ0n) is 16.4. The Bertz CT molecular complexity index is 1050. The van der Waals surface area contributed by atoms with E-state index in [-0.39, 0.29) is 5.56 Å². The molecular weight excluding hydrogens is 374 g/mol. The summed E-state index contributed by atoms with van der Waals surface area (Å²) in [4.78, 5) is 24.8. The molecule has 0 aliphatic rings. The van der Waals surface area contributed by atoms with E-state index >= 15 is 0 Å². The van der Waals surface area contributed by atoms with Crippen molar-refractivity contribution >= 4 is 28.3 Å². The summed E-state index contributed by atoms with van der Waals surface area (Å²) in [5.74, 6) is 0.231. The highest BCUT2D eigenvalue weighted by molar-refractivity contribution is 6.00. The van der Waals surface area contributed by atoms with Crippen molar-refractivity contribution in [1.29, 1.82) is 0 Å². The van der Waals surface area contributed by atoms with Crippen LogP contribution in [-0.4, -0.2) is 39.8 Å². The van der Waals surface area contributed by atoms with Crippen molar-refractivity contribution in [3.05, 3.63) is 60.2 Å². The van der Waals surface area contributed by atoms with E-state index < -0.39 is 18.5 Å². The van der Waals surface area contributed by atoms with Gasteiger partial charge >= 0.3 is 5.97 Å². The lowest BCUT2D eigenvalue weighted by atomic mass is 10.1. The first-order valence-electron chi connectivity index (χ1n) is 8.81. The Balaban J connectivity index is 1.71. The molecule has 0 spiro atoms. The first-order valence-corrected chi connectivity index (χ1v) is 8.81. The van der Waals surface area contributed by atoms with Crippen LogP contribution in [0.4, 0.5) is 5.69 Å². The molecule has 0 radical (unpaired) electrons. The molecule has 0 saturated heterocycles. The average molecular weight is 395 g/mol. The summed E-state index contributed by atoms with van der Waals surface area (Å²) < 4.78 is 20.8. The number of carbonyl (C=O) groups excluding carboxylic acids is 2. The van der Waals surface area contributed by atoms with E-state index in [4.69, 9.17) is 18.9 Å². The number of hydrogen-bond donors (Lipinski definition) is 1. The van der Waals surface area contributed by atoms with E-state index in [0.717, 1.165) is 10.8 Å². The topological polar surface area (TPSA) is 83.1 Å². The second-order valence-corrected chi connectivity index (χ2v) is 6.09. The number of esters is 1. The molecule has 0 bridgehead atoms. The lowest BCUT2D eigenvalue weighted by Crippen LogP contribution is -2.21. The quantitative estimate of drug-likeness (QED) is 0.615.